The molecular weight excluding hydrogens is 471 g/mol. The first-order valence-corrected chi connectivity index (χ1v) is 12.0. The molecule has 1 atom stereocenters. The van der Waals surface area contributed by atoms with E-state index in [0.717, 1.165) is 29.5 Å². The van der Waals surface area contributed by atoms with Crippen molar-refractivity contribution in [3.05, 3.63) is 34.1 Å². The molecule has 1 aromatic heterocycles. The number of esters is 1. The monoisotopic (exact) mass is 499 g/mol. The van der Waals surface area contributed by atoms with E-state index in [9.17, 15) is 27.6 Å². The number of hydrogen-bond acceptors (Lipinski definition) is 6. The van der Waals surface area contributed by atoms with Gasteiger partial charge < -0.3 is 9.64 Å². The molecular formula is C23H28F3N3O4S. The van der Waals surface area contributed by atoms with Gasteiger partial charge in [0.15, 0.2) is 5.16 Å². The Labute approximate surface area is 199 Å². The van der Waals surface area contributed by atoms with Crippen molar-refractivity contribution in [3.63, 3.8) is 0 Å². The van der Waals surface area contributed by atoms with E-state index in [1.165, 1.54) is 29.9 Å². The summed E-state index contributed by atoms with van der Waals surface area (Å²) in [6.07, 6.45) is -2.90. The first kappa shape index (κ1) is 26.1. The lowest BCUT2D eigenvalue weighted by molar-refractivity contribution is -0.164. The number of aromatic nitrogens is 2. The van der Waals surface area contributed by atoms with Gasteiger partial charge in [-0.25, -0.2) is 9.78 Å². The zero-order valence-corrected chi connectivity index (χ0v) is 20.3. The van der Waals surface area contributed by atoms with Crippen LogP contribution < -0.4 is 5.56 Å². The van der Waals surface area contributed by atoms with E-state index in [0.29, 0.717) is 11.9 Å². The highest BCUT2D eigenvalue weighted by atomic mass is 32.2. The number of carbonyl (C=O) groups is 2. The Morgan fingerprint density at radius 1 is 1.26 bits per heavy atom. The van der Waals surface area contributed by atoms with E-state index in [-0.39, 0.29) is 39.4 Å². The van der Waals surface area contributed by atoms with Crippen molar-refractivity contribution in [2.24, 2.45) is 11.8 Å². The number of hydrogen-bond donors (Lipinski definition) is 0. The predicted octanol–water partition coefficient (Wildman–Crippen LogP) is 4.12. The zero-order valence-electron chi connectivity index (χ0n) is 19.5. The highest BCUT2D eigenvalue weighted by Crippen LogP contribution is 2.36. The van der Waals surface area contributed by atoms with Crippen LogP contribution in [0.2, 0.25) is 0 Å². The second-order valence-corrected chi connectivity index (χ2v) is 9.87. The van der Waals surface area contributed by atoms with Gasteiger partial charge in [-0.2, -0.15) is 13.2 Å². The number of methoxy groups -OCH3 is 1. The molecule has 1 heterocycles. The molecule has 1 aromatic carbocycles. The molecule has 1 aliphatic rings. The van der Waals surface area contributed by atoms with Gasteiger partial charge in [0.05, 0.1) is 29.3 Å². The SMILES string of the molecule is COC(=O)c1ccc2c(=O)n(CC(C)C)c(SCC(=O)N(CC(F)(F)F)C(C)C3CC3)nc2c1. The maximum atomic E-state index is 13.2. The van der Waals surface area contributed by atoms with Crippen LogP contribution >= 0.6 is 11.8 Å². The number of alkyl halides is 3. The molecule has 0 aliphatic heterocycles. The number of benzene rings is 1. The molecule has 34 heavy (non-hydrogen) atoms. The summed E-state index contributed by atoms with van der Waals surface area (Å²) in [5, 5.41) is 0.512. The minimum atomic E-state index is -4.51. The smallest absolute Gasteiger partial charge is 0.406 e. The largest absolute Gasteiger partial charge is 0.465 e. The van der Waals surface area contributed by atoms with Gasteiger partial charge in [-0.15, -0.1) is 0 Å². The Morgan fingerprint density at radius 2 is 1.94 bits per heavy atom. The number of fused-ring (bicyclic) bond motifs is 1. The van der Waals surface area contributed by atoms with Gasteiger partial charge in [0.25, 0.3) is 5.56 Å². The first-order chi connectivity index (χ1) is 15.9. The van der Waals surface area contributed by atoms with Crippen molar-refractivity contribution in [2.45, 2.75) is 57.5 Å². The van der Waals surface area contributed by atoms with Crippen molar-refractivity contribution >= 4 is 34.5 Å². The van der Waals surface area contributed by atoms with Crippen molar-refractivity contribution in [2.75, 3.05) is 19.4 Å². The first-order valence-electron chi connectivity index (χ1n) is 11.0. The van der Waals surface area contributed by atoms with Gasteiger partial charge in [-0.3, -0.25) is 14.2 Å². The van der Waals surface area contributed by atoms with E-state index in [2.05, 4.69) is 4.98 Å². The minimum absolute atomic E-state index is 0.0750. The standard InChI is InChI=1S/C23H28F3N3O4S/c1-13(2)10-28-20(31)17-8-7-16(21(32)33-4)9-18(17)27-22(28)34-11-19(30)29(12-23(24,25)26)14(3)15-5-6-15/h7-9,13-15H,5-6,10-12H2,1-4H3. The molecule has 1 amide bonds. The molecule has 1 fully saturated rings. The Bertz CT molecular complexity index is 1130. The molecule has 1 unspecified atom stereocenters. The number of ether oxygens (including phenoxy) is 1. The van der Waals surface area contributed by atoms with Gasteiger partial charge in [0.1, 0.15) is 6.54 Å². The van der Waals surface area contributed by atoms with Crippen LogP contribution in [0.3, 0.4) is 0 Å². The molecule has 0 spiro atoms. The maximum Gasteiger partial charge on any atom is 0.406 e. The van der Waals surface area contributed by atoms with E-state index < -0.39 is 30.6 Å². The summed E-state index contributed by atoms with van der Waals surface area (Å²) in [5.74, 6) is -1.38. The number of amides is 1. The number of rotatable bonds is 9. The lowest BCUT2D eigenvalue weighted by atomic mass is 10.1. The van der Waals surface area contributed by atoms with Crippen LogP contribution in [0.1, 0.15) is 44.0 Å². The van der Waals surface area contributed by atoms with Gasteiger partial charge in [-0.05, 0) is 49.8 Å². The fourth-order valence-electron chi connectivity index (χ4n) is 3.78. The summed E-state index contributed by atoms with van der Waals surface area (Å²) < 4.78 is 45.6. The Hall–Kier alpha value is -2.56. The second-order valence-electron chi connectivity index (χ2n) is 8.93. The molecule has 0 N–H and O–H groups in total. The molecule has 7 nitrogen and oxygen atoms in total. The van der Waals surface area contributed by atoms with Crippen LogP contribution in [0.5, 0.6) is 0 Å². The second kappa shape index (κ2) is 10.4. The molecule has 0 saturated heterocycles. The quantitative estimate of drug-likeness (QED) is 0.293. The van der Waals surface area contributed by atoms with E-state index in [1.807, 2.05) is 13.8 Å². The topological polar surface area (TPSA) is 81.5 Å². The Balaban J connectivity index is 1.93. The third-order valence-corrected chi connectivity index (χ3v) is 6.64. The molecule has 3 rings (SSSR count). The molecule has 1 aliphatic carbocycles. The molecule has 1 saturated carbocycles. The van der Waals surface area contributed by atoms with Gasteiger partial charge in [0, 0.05) is 12.6 Å². The minimum Gasteiger partial charge on any atom is -0.465 e. The number of halogens is 3. The van der Waals surface area contributed by atoms with Crippen LogP contribution in [0.25, 0.3) is 10.9 Å². The fraction of sp³-hybridized carbons (Fsp3) is 0.565. The van der Waals surface area contributed by atoms with Crippen molar-refractivity contribution < 1.29 is 27.5 Å². The van der Waals surface area contributed by atoms with Crippen LogP contribution in [-0.2, 0) is 16.1 Å². The lowest BCUT2D eigenvalue weighted by Crippen LogP contribution is -2.46. The highest BCUT2D eigenvalue weighted by Gasteiger charge is 2.40. The summed E-state index contributed by atoms with van der Waals surface area (Å²) in [7, 11) is 1.24. The van der Waals surface area contributed by atoms with E-state index >= 15 is 0 Å². The fourth-order valence-corrected chi connectivity index (χ4v) is 4.67. The van der Waals surface area contributed by atoms with Crippen LogP contribution in [0.15, 0.2) is 28.2 Å². The van der Waals surface area contributed by atoms with Crippen molar-refractivity contribution in [1.82, 2.24) is 14.5 Å². The third-order valence-electron chi connectivity index (χ3n) is 5.68. The average Bonchev–Trinajstić information content (AvgIpc) is 3.61. The summed E-state index contributed by atoms with van der Waals surface area (Å²) in [4.78, 5) is 43.3. The molecule has 2 aromatic rings. The predicted molar refractivity (Wildman–Crippen MR) is 123 cm³/mol. The molecule has 11 heteroatoms. The Kier molecular flexibility index (Phi) is 7.95. The van der Waals surface area contributed by atoms with Gasteiger partial charge in [0.2, 0.25) is 5.91 Å². The summed E-state index contributed by atoms with van der Waals surface area (Å²) in [6.45, 7) is 4.49. The summed E-state index contributed by atoms with van der Waals surface area (Å²) >= 11 is 0.927. The average molecular weight is 500 g/mol. The number of carbonyl (C=O) groups excluding carboxylic acids is 2. The highest BCUT2D eigenvalue weighted by molar-refractivity contribution is 7.99. The van der Waals surface area contributed by atoms with E-state index in [4.69, 9.17) is 4.74 Å². The summed E-state index contributed by atoms with van der Waals surface area (Å²) in [6, 6.07) is 3.89. The number of nitrogens with zero attached hydrogens (tertiary/aromatic N) is 3. The van der Waals surface area contributed by atoms with Gasteiger partial charge >= 0.3 is 12.1 Å². The third kappa shape index (κ3) is 6.31. The van der Waals surface area contributed by atoms with Gasteiger partial charge in [-0.1, -0.05) is 25.6 Å². The zero-order chi connectivity index (χ0) is 25.2. The normalized spacial score (nSPS) is 14.9. The summed E-state index contributed by atoms with van der Waals surface area (Å²) in [5.41, 5.74) is 0.120. The van der Waals surface area contributed by atoms with Crippen LogP contribution in [0.4, 0.5) is 13.2 Å². The molecule has 0 bridgehead atoms. The van der Waals surface area contributed by atoms with Crippen molar-refractivity contribution in [1.29, 1.82) is 0 Å². The lowest BCUT2D eigenvalue weighted by Gasteiger charge is -2.30. The van der Waals surface area contributed by atoms with E-state index in [1.54, 1.807) is 6.92 Å². The Morgan fingerprint density at radius 3 is 2.50 bits per heavy atom. The van der Waals surface area contributed by atoms with Crippen LogP contribution in [0, 0.1) is 11.8 Å². The maximum absolute atomic E-state index is 13.2. The molecule has 186 valence electrons. The molecule has 0 radical (unpaired) electrons. The van der Waals surface area contributed by atoms with Crippen molar-refractivity contribution in [3.8, 4) is 0 Å². The van der Waals surface area contributed by atoms with Crippen LogP contribution in [-0.4, -0.2) is 58.0 Å². The number of thioether (sulfide) groups is 1.